The Hall–Kier alpha value is -5.92. The van der Waals surface area contributed by atoms with Crippen LogP contribution in [0.3, 0.4) is 0 Å². The largest absolute Gasteiger partial charge is 0.453 e. The van der Waals surface area contributed by atoms with Crippen LogP contribution in [0, 0.1) is 11.8 Å². The lowest BCUT2D eigenvalue weighted by atomic mass is 9.99. The highest BCUT2D eigenvalue weighted by Crippen LogP contribution is 2.36. The van der Waals surface area contributed by atoms with Gasteiger partial charge in [-0.25, -0.2) is 19.6 Å². The number of hydrogen-bond acceptors (Lipinski definition) is 8. The maximum absolute atomic E-state index is 13.6. The van der Waals surface area contributed by atoms with E-state index in [1.54, 1.807) is 0 Å². The van der Waals surface area contributed by atoms with Gasteiger partial charge in [0.25, 0.3) is 0 Å². The number of aromatic amines is 2. The van der Waals surface area contributed by atoms with Gasteiger partial charge in [0.05, 0.1) is 49.2 Å². The Balaban J connectivity index is 1.07. The molecule has 0 aliphatic carbocycles. The van der Waals surface area contributed by atoms with Crippen LogP contribution in [0.4, 0.5) is 9.59 Å². The fourth-order valence-electron chi connectivity index (χ4n) is 8.00. The molecule has 2 saturated heterocycles. The lowest BCUT2D eigenvalue weighted by Crippen LogP contribution is -2.51. The van der Waals surface area contributed by atoms with Gasteiger partial charge in [-0.3, -0.25) is 9.59 Å². The smallest absolute Gasteiger partial charge is 0.407 e. The summed E-state index contributed by atoms with van der Waals surface area (Å²) in [4.78, 5) is 71.4. The van der Waals surface area contributed by atoms with Crippen LogP contribution < -0.4 is 10.6 Å². The van der Waals surface area contributed by atoms with Crippen LogP contribution >= 0.6 is 0 Å². The Morgan fingerprint density at radius 2 is 1.21 bits per heavy atom. The van der Waals surface area contributed by atoms with Gasteiger partial charge < -0.3 is 39.9 Å². The molecular weight excluding hydrogens is 713 g/mol. The number of fused-ring (bicyclic) bond motifs is 2. The third-order valence-corrected chi connectivity index (χ3v) is 11.1. The predicted molar refractivity (Wildman–Crippen MR) is 212 cm³/mol. The number of H-pyrrole nitrogens is 2. The molecule has 4 amide bonds. The third-order valence-electron chi connectivity index (χ3n) is 11.1. The van der Waals surface area contributed by atoms with Crippen LogP contribution in [0.15, 0.2) is 60.8 Å². The number of benzene rings is 3. The number of nitrogens with zero attached hydrogens (tertiary/aromatic N) is 4. The molecule has 3 aromatic carbocycles. The van der Waals surface area contributed by atoms with Crippen LogP contribution in [-0.4, -0.2) is 93.1 Å². The van der Waals surface area contributed by atoms with Crippen molar-refractivity contribution in [2.24, 2.45) is 11.8 Å². The van der Waals surface area contributed by atoms with Gasteiger partial charge in [0.15, 0.2) is 0 Å². The Labute approximate surface area is 325 Å². The molecule has 4 atom stereocenters. The van der Waals surface area contributed by atoms with Crippen molar-refractivity contribution < 1.29 is 28.7 Å². The van der Waals surface area contributed by atoms with Crippen LogP contribution in [0.2, 0.25) is 0 Å². The van der Waals surface area contributed by atoms with Crippen molar-refractivity contribution >= 4 is 45.8 Å². The highest BCUT2D eigenvalue weighted by atomic mass is 16.5. The highest BCUT2D eigenvalue weighted by molar-refractivity contribution is 5.92. The molecule has 2 fully saturated rings. The lowest BCUT2D eigenvalue weighted by molar-refractivity contribution is -0.136. The molecule has 2 aromatic heterocycles. The minimum absolute atomic E-state index is 0.108. The zero-order valence-corrected chi connectivity index (χ0v) is 32.7. The van der Waals surface area contributed by atoms with Crippen LogP contribution in [0.5, 0.6) is 0 Å². The van der Waals surface area contributed by atoms with E-state index in [2.05, 4.69) is 69.1 Å². The van der Waals surface area contributed by atoms with Gasteiger partial charge in [-0.05, 0) is 83.7 Å². The monoisotopic (exact) mass is 762 g/mol. The molecule has 56 heavy (non-hydrogen) atoms. The first-order valence-electron chi connectivity index (χ1n) is 19.3. The van der Waals surface area contributed by atoms with Gasteiger partial charge in [-0.15, -0.1) is 0 Å². The Morgan fingerprint density at radius 1 is 0.696 bits per heavy atom. The molecule has 4 N–H and O–H groups in total. The number of aromatic nitrogens is 4. The van der Waals surface area contributed by atoms with Gasteiger partial charge >= 0.3 is 12.2 Å². The second kappa shape index (κ2) is 16.0. The first kappa shape index (κ1) is 38.4. The minimum atomic E-state index is -0.693. The summed E-state index contributed by atoms with van der Waals surface area (Å²) in [5.41, 5.74) is 5.65. The van der Waals surface area contributed by atoms with E-state index in [9.17, 15) is 19.2 Å². The standard InChI is InChI=1S/C42H50N8O6/c1-23(2)35(47-41(53)55-5)39(51)49-17-7-9-33(49)37-43-22-32(46-37)29-14-13-25-19-26(11-12-27(25)20-29)28-15-16-30-31(21-28)45-38(44-30)34-10-8-18-50(34)40(52)36(24(3)4)48-42(54)56-6/h11-16,19-24,33-36H,7-10,17-18H2,1-6H3,(H,43,46)(H,44,45)(H,47,53)(H,48,54)/t33-,34-,35?,36-/m0/s1. The number of nitrogens with one attached hydrogen (secondary N) is 4. The summed E-state index contributed by atoms with van der Waals surface area (Å²) in [6.07, 6.45) is 3.82. The molecule has 1 unspecified atom stereocenters. The number of amides is 4. The number of ether oxygens (including phenoxy) is 2. The van der Waals surface area contributed by atoms with E-state index in [-0.39, 0.29) is 35.7 Å². The van der Waals surface area contributed by atoms with E-state index < -0.39 is 24.3 Å². The maximum atomic E-state index is 13.6. The summed E-state index contributed by atoms with van der Waals surface area (Å²) >= 11 is 0. The number of carbonyl (C=O) groups is 4. The number of carbonyl (C=O) groups excluding carboxylic acids is 4. The first-order valence-corrected chi connectivity index (χ1v) is 19.3. The summed E-state index contributed by atoms with van der Waals surface area (Å²) in [7, 11) is 2.58. The second-order valence-corrected chi connectivity index (χ2v) is 15.4. The number of alkyl carbamates (subject to hydrolysis) is 2. The molecule has 14 nitrogen and oxygen atoms in total. The van der Waals surface area contributed by atoms with Gasteiger partial charge in [0.2, 0.25) is 11.8 Å². The van der Waals surface area contributed by atoms with Crippen molar-refractivity contribution in [1.82, 2.24) is 40.4 Å². The number of likely N-dealkylation sites (tertiary alicyclic amines) is 2. The van der Waals surface area contributed by atoms with E-state index in [0.29, 0.717) is 13.1 Å². The van der Waals surface area contributed by atoms with Crippen molar-refractivity contribution in [1.29, 1.82) is 0 Å². The third kappa shape index (κ3) is 7.64. The fraction of sp³-hybridized carbons (Fsp3) is 0.429. The molecule has 0 radical (unpaired) electrons. The summed E-state index contributed by atoms with van der Waals surface area (Å²) in [5.74, 6) is 0.963. The number of imidazole rings is 2. The van der Waals surface area contributed by atoms with Crippen LogP contribution in [0.1, 0.15) is 77.1 Å². The summed E-state index contributed by atoms with van der Waals surface area (Å²) in [6, 6.07) is 17.0. The van der Waals surface area contributed by atoms with Crippen molar-refractivity contribution in [3.8, 4) is 22.4 Å². The van der Waals surface area contributed by atoms with E-state index in [4.69, 9.17) is 19.4 Å². The number of methoxy groups -OCH3 is 2. The molecule has 4 heterocycles. The molecule has 7 rings (SSSR count). The van der Waals surface area contributed by atoms with Gasteiger partial charge in [-0.1, -0.05) is 58.0 Å². The van der Waals surface area contributed by atoms with Gasteiger partial charge in [0, 0.05) is 18.7 Å². The molecule has 14 heteroatoms. The Morgan fingerprint density at radius 3 is 1.79 bits per heavy atom. The molecule has 5 aromatic rings. The zero-order chi connectivity index (χ0) is 39.7. The van der Waals surface area contributed by atoms with Crippen molar-refractivity contribution in [2.45, 2.75) is 77.5 Å². The first-order chi connectivity index (χ1) is 26.9. The molecule has 0 bridgehead atoms. The van der Waals surface area contributed by atoms with Gasteiger partial charge in [0.1, 0.15) is 23.7 Å². The maximum Gasteiger partial charge on any atom is 0.407 e. The Kier molecular flexibility index (Phi) is 11.0. The number of hydrogen-bond donors (Lipinski definition) is 4. The topological polar surface area (TPSA) is 175 Å². The summed E-state index contributed by atoms with van der Waals surface area (Å²) in [6.45, 7) is 8.80. The quantitative estimate of drug-likeness (QED) is 0.119. The molecule has 0 saturated carbocycles. The fourth-order valence-corrected chi connectivity index (χ4v) is 8.00. The Bertz CT molecular complexity index is 2260. The second-order valence-electron chi connectivity index (χ2n) is 15.4. The predicted octanol–water partition coefficient (Wildman–Crippen LogP) is 6.86. The number of rotatable bonds is 10. The summed E-state index contributed by atoms with van der Waals surface area (Å²) < 4.78 is 9.54. The van der Waals surface area contributed by atoms with Crippen molar-refractivity contribution in [3.63, 3.8) is 0 Å². The van der Waals surface area contributed by atoms with Crippen molar-refractivity contribution in [3.05, 3.63) is 72.4 Å². The van der Waals surface area contributed by atoms with Crippen LogP contribution in [-0.2, 0) is 19.1 Å². The SMILES string of the molecule is COC(=O)NC(C(=O)N1CCC[C@H]1c1ncc(-c2ccc3cc(-c4ccc5nc([C@@H]6CCCN6C(=O)[C@@H](NC(=O)OC)C(C)C)[nH]c5c4)ccc3c2)[nH]1)C(C)C. The van der Waals surface area contributed by atoms with Gasteiger partial charge in [-0.2, -0.15) is 0 Å². The average molecular weight is 763 g/mol. The highest BCUT2D eigenvalue weighted by Gasteiger charge is 2.39. The summed E-state index contributed by atoms with van der Waals surface area (Å²) in [5, 5.41) is 7.57. The normalized spacial score (nSPS) is 18.1. The van der Waals surface area contributed by atoms with E-state index in [1.807, 2.05) is 49.8 Å². The van der Waals surface area contributed by atoms with E-state index >= 15 is 0 Å². The molecule has 0 spiro atoms. The van der Waals surface area contributed by atoms with Crippen molar-refractivity contribution in [2.75, 3.05) is 27.3 Å². The molecule has 2 aliphatic rings. The lowest BCUT2D eigenvalue weighted by Gasteiger charge is -2.30. The molecular formula is C42H50N8O6. The minimum Gasteiger partial charge on any atom is -0.453 e. The molecule has 2 aliphatic heterocycles. The average Bonchev–Trinajstić information content (AvgIpc) is 4.03. The van der Waals surface area contributed by atoms with E-state index in [1.165, 1.54) is 14.2 Å². The zero-order valence-electron chi connectivity index (χ0n) is 32.7. The molecule has 294 valence electrons. The van der Waals surface area contributed by atoms with E-state index in [0.717, 1.165) is 81.5 Å². The van der Waals surface area contributed by atoms with Crippen LogP contribution in [0.25, 0.3) is 44.2 Å².